The molecule has 3 unspecified atom stereocenters. The molecule has 11 heavy (non-hydrogen) atoms. The maximum absolute atomic E-state index is 9.57. The Morgan fingerprint density at radius 3 is 2.27 bits per heavy atom. The van der Waals surface area contributed by atoms with Crippen LogP contribution in [0.5, 0.6) is 0 Å². The molecule has 68 valence electrons. The van der Waals surface area contributed by atoms with E-state index in [1.54, 1.807) is 0 Å². The van der Waals surface area contributed by atoms with E-state index in [1.807, 2.05) is 6.92 Å². The summed E-state index contributed by atoms with van der Waals surface area (Å²) in [6.07, 6.45) is 2.91. The Balaban J connectivity index is 3.54. The van der Waals surface area contributed by atoms with Crippen LogP contribution in [0.3, 0.4) is 0 Å². The van der Waals surface area contributed by atoms with E-state index in [0.29, 0.717) is 11.2 Å². The molecule has 0 rings (SSSR count). The third-order valence-corrected chi connectivity index (χ3v) is 2.19. The van der Waals surface area contributed by atoms with Gasteiger partial charge in [-0.2, -0.15) is 12.6 Å². The molecule has 2 heteroatoms. The van der Waals surface area contributed by atoms with Gasteiger partial charge in [0.2, 0.25) is 0 Å². The predicted octanol–water partition coefficient (Wildman–Crippen LogP) is 2.49. The first-order chi connectivity index (χ1) is 5.07. The van der Waals surface area contributed by atoms with Crippen molar-refractivity contribution in [2.75, 3.05) is 0 Å². The van der Waals surface area contributed by atoms with Gasteiger partial charge in [-0.1, -0.05) is 27.2 Å². The zero-order valence-electron chi connectivity index (χ0n) is 7.75. The number of hydrogen-bond donors (Lipinski definition) is 2. The van der Waals surface area contributed by atoms with Crippen molar-refractivity contribution in [3.05, 3.63) is 0 Å². The van der Waals surface area contributed by atoms with Gasteiger partial charge in [0.1, 0.15) is 0 Å². The van der Waals surface area contributed by atoms with Gasteiger partial charge in [0.15, 0.2) is 0 Å². The molecule has 0 aromatic heterocycles. The molecule has 0 aliphatic carbocycles. The number of thiol groups is 1. The molecule has 0 saturated heterocycles. The average Bonchev–Trinajstić information content (AvgIpc) is 1.86. The molecule has 0 bridgehead atoms. The fourth-order valence-corrected chi connectivity index (χ4v) is 1.45. The summed E-state index contributed by atoms with van der Waals surface area (Å²) >= 11 is 4.24. The van der Waals surface area contributed by atoms with E-state index >= 15 is 0 Å². The van der Waals surface area contributed by atoms with Gasteiger partial charge < -0.3 is 5.11 Å². The van der Waals surface area contributed by atoms with Gasteiger partial charge in [0.25, 0.3) is 0 Å². The Labute approximate surface area is 75.6 Å². The number of aliphatic hydroxyl groups is 1. The van der Waals surface area contributed by atoms with Crippen LogP contribution in [0, 0.1) is 5.92 Å². The Kier molecular flexibility index (Phi) is 6.06. The van der Waals surface area contributed by atoms with Crippen LogP contribution in [0.4, 0.5) is 0 Å². The second-order valence-corrected chi connectivity index (χ2v) is 4.30. The molecule has 1 N–H and O–H groups in total. The zero-order chi connectivity index (χ0) is 8.85. The third kappa shape index (κ3) is 5.57. The van der Waals surface area contributed by atoms with Gasteiger partial charge >= 0.3 is 0 Å². The molecule has 0 aliphatic rings. The first kappa shape index (κ1) is 11.3. The number of rotatable bonds is 5. The highest BCUT2D eigenvalue weighted by Crippen LogP contribution is 2.16. The fourth-order valence-electron chi connectivity index (χ4n) is 1.23. The van der Waals surface area contributed by atoms with E-state index in [4.69, 9.17) is 0 Å². The molecular formula is C9H20OS. The van der Waals surface area contributed by atoms with Crippen LogP contribution in [0.25, 0.3) is 0 Å². The molecule has 0 radical (unpaired) electrons. The molecule has 0 aromatic carbocycles. The van der Waals surface area contributed by atoms with E-state index in [-0.39, 0.29) is 6.10 Å². The lowest BCUT2D eigenvalue weighted by atomic mass is 9.96. The highest BCUT2D eigenvalue weighted by molar-refractivity contribution is 7.80. The Bertz CT molecular complexity index is 93.6. The summed E-state index contributed by atoms with van der Waals surface area (Å²) in [6.45, 7) is 6.27. The van der Waals surface area contributed by atoms with Gasteiger partial charge in [0, 0.05) is 5.25 Å². The predicted molar refractivity (Wildman–Crippen MR) is 53.1 cm³/mol. The normalized spacial score (nSPS) is 19.4. The van der Waals surface area contributed by atoms with Crippen molar-refractivity contribution in [3.8, 4) is 0 Å². The molecule has 0 aliphatic heterocycles. The van der Waals surface area contributed by atoms with E-state index < -0.39 is 0 Å². The summed E-state index contributed by atoms with van der Waals surface area (Å²) in [6, 6.07) is 0. The first-order valence-corrected chi connectivity index (χ1v) is 4.95. The van der Waals surface area contributed by atoms with Crippen molar-refractivity contribution in [3.63, 3.8) is 0 Å². The fraction of sp³-hybridized carbons (Fsp3) is 1.00. The van der Waals surface area contributed by atoms with Gasteiger partial charge in [0.05, 0.1) is 6.10 Å². The highest BCUT2D eigenvalue weighted by atomic mass is 32.1. The lowest BCUT2D eigenvalue weighted by Crippen LogP contribution is -2.20. The van der Waals surface area contributed by atoms with Crippen molar-refractivity contribution in [2.24, 2.45) is 5.92 Å². The van der Waals surface area contributed by atoms with Crippen molar-refractivity contribution in [2.45, 2.75) is 51.4 Å². The van der Waals surface area contributed by atoms with E-state index in [1.165, 1.54) is 0 Å². The molecule has 3 atom stereocenters. The van der Waals surface area contributed by atoms with E-state index in [0.717, 1.165) is 19.3 Å². The minimum atomic E-state index is -0.164. The summed E-state index contributed by atoms with van der Waals surface area (Å²) in [5.41, 5.74) is 0. The Morgan fingerprint density at radius 2 is 1.91 bits per heavy atom. The maximum Gasteiger partial charge on any atom is 0.0576 e. The van der Waals surface area contributed by atoms with Crippen LogP contribution >= 0.6 is 12.6 Å². The Hall–Kier alpha value is 0.310. The van der Waals surface area contributed by atoms with Crippen LogP contribution in [-0.2, 0) is 0 Å². The molecule has 0 saturated carbocycles. The number of aliphatic hydroxyl groups excluding tert-OH is 1. The van der Waals surface area contributed by atoms with Crippen molar-refractivity contribution >= 4 is 12.6 Å². The largest absolute Gasteiger partial charge is 0.393 e. The van der Waals surface area contributed by atoms with Crippen LogP contribution in [0.2, 0.25) is 0 Å². The van der Waals surface area contributed by atoms with Gasteiger partial charge in [-0.15, -0.1) is 0 Å². The molecule has 1 nitrogen and oxygen atoms in total. The quantitative estimate of drug-likeness (QED) is 0.617. The van der Waals surface area contributed by atoms with E-state index in [9.17, 15) is 5.11 Å². The molecule has 0 spiro atoms. The van der Waals surface area contributed by atoms with Crippen LogP contribution in [0.1, 0.15) is 40.0 Å². The lowest BCUT2D eigenvalue weighted by molar-refractivity contribution is 0.103. The minimum absolute atomic E-state index is 0.164. The summed E-state index contributed by atoms with van der Waals surface area (Å²) < 4.78 is 0. The van der Waals surface area contributed by atoms with Crippen LogP contribution in [-0.4, -0.2) is 16.5 Å². The summed E-state index contributed by atoms with van der Waals surface area (Å²) in [5, 5.41) is 9.88. The summed E-state index contributed by atoms with van der Waals surface area (Å²) in [7, 11) is 0. The topological polar surface area (TPSA) is 20.2 Å². The van der Waals surface area contributed by atoms with Crippen molar-refractivity contribution < 1.29 is 5.11 Å². The molecule has 0 fully saturated rings. The van der Waals surface area contributed by atoms with E-state index in [2.05, 4.69) is 26.5 Å². The average molecular weight is 176 g/mol. The minimum Gasteiger partial charge on any atom is -0.393 e. The zero-order valence-corrected chi connectivity index (χ0v) is 8.64. The molecule has 0 aromatic rings. The second kappa shape index (κ2) is 5.90. The molecule has 0 amide bonds. The maximum atomic E-state index is 9.57. The Morgan fingerprint density at radius 1 is 1.36 bits per heavy atom. The monoisotopic (exact) mass is 176 g/mol. The lowest BCUT2D eigenvalue weighted by Gasteiger charge is -2.19. The van der Waals surface area contributed by atoms with Crippen LogP contribution < -0.4 is 0 Å². The number of hydrogen-bond acceptors (Lipinski definition) is 2. The SMILES string of the molecule is CCCC(C)C(O)CC(C)S. The summed E-state index contributed by atoms with van der Waals surface area (Å²) in [4.78, 5) is 0. The third-order valence-electron chi connectivity index (χ3n) is 1.98. The van der Waals surface area contributed by atoms with Crippen molar-refractivity contribution in [1.82, 2.24) is 0 Å². The van der Waals surface area contributed by atoms with Crippen LogP contribution in [0.15, 0.2) is 0 Å². The van der Waals surface area contributed by atoms with Crippen molar-refractivity contribution in [1.29, 1.82) is 0 Å². The summed E-state index contributed by atoms with van der Waals surface area (Å²) in [5.74, 6) is 0.426. The molecule has 0 heterocycles. The smallest absolute Gasteiger partial charge is 0.0576 e. The van der Waals surface area contributed by atoms with Gasteiger partial charge in [-0.3, -0.25) is 0 Å². The van der Waals surface area contributed by atoms with Gasteiger partial charge in [-0.25, -0.2) is 0 Å². The standard InChI is InChI=1S/C9H20OS/c1-4-5-7(2)9(10)6-8(3)11/h7-11H,4-6H2,1-3H3. The highest BCUT2D eigenvalue weighted by Gasteiger charge is 2.14. The molecular weight excluding hydrogens is 156 g/mol. The second-order valence-electron chi connectivity index (χ2n) is 3.42. The first-order valence-electron chi connectivity index (χ1n) is 4.44. The van der Waals surface area contributed by atoms with Gasteiger partial charge in [-0.05, 0) is 18.8 Å².